The molecule has 130 valence electrons. The summed E-state index contributed by atoms with van der Waals surface area (Å²) in [6, 6.07) is 0. The lowest BCUT2D eigenvalue weighted by atomic mass is 9.61. The lowest BCUT2D eigenvalue weighted by Gasteiger charge is -2.45. The lowest BCUT2D eigenvalue weighted by molar-refractivity contribution is 0.0931. The molecule has 0 amide bonds. The molecule has 5 heteroatoms. The van der Waals surface area contributed by atoms with E-state index in [0.717, 1.165) is 12.0 Å². The van der Waals surface area contributed by atoms with E-state index in [9.17, 15) is 9.46 Å². The molecule has 1 rings (SSSR count). The minimum absolute atomic E-state index is 0.179. The first-order chi connectivity index (χ1) is 10.1. The molecule has 0 aliphatic heterocycles. The summed E-state index contributed by atoms with van der Waals surface area (Å²) in [7, 11) is -2.72. The topological polar surface area (TPSA) is 55.8 Å². The summed E-state index contributed by atoms with van der Waals surface area (Å²) in [5.41, 5.74) is 1.15. The highest BCUT2D eigenvalue weighted by molar-refractivity contribution is 7.47. The van der Waals surface area contributed by atoms with Crippen molar-refractivity contribution in [3.63, 3.8) is 0 Å². The quantitative estimate of drug-likeness (QED) is 0.532. The summed E-state index contributed by atoms with van der Waals surface area (Å²) >= 11 is 0. The molecule has 0 spiro atoms. The molecule has 3 unspecified atom stereocenters. The predicted molar refractivity (Wildman–Crippen MR) is 90.5 cm³/mol. The van der Waals surface area contributed by atoms with E-state index in [1.807, 2.05) is 0 Å². The first kappa shape index (κ1) is 19.9. The van der Waals surface area contributed by atoms with Gasteiger partial charge in [0.25, 0.3) is 0 Å². The summed E-state index contributed by atoms with van der Waals surface area (Å²) in [6.07, 6.45) is 3.25. The zero-order valence-electron chi connectivity index (χ0n) is 15.1. The Hall–Kier alpha value is -0.150. The van der Waals surface area contributed by atoms with Crippen molar-refractivity contribution in [2.24, 2.45) is 35.5 Å². The van der Waals surface area contributed by atoms with Crippen LogP contribution in [0, 0.1) is 35.5 Å². The van der Waals surface area contributed by atoms with Gasteiger partial charge in [0.2, 0.25) is 0 Å². The van der Waals surface area contributed by atoms with Gasteiger partial charge in [0.1, 0.15) is 0 Å². The van der Waals surface area contributed by atoms with Crippen molar-refractivity contribution in [2.45, 2.75) is 48.0 Å². The Labute approximate surface area is 135 Å². The van der Waals surface area contributed by atoms with E-state index >= 15 is 0 Å². The molecule has 0 bridgehead atoms. The fourth-order valence-electron chi connectivity index (χ4n) is 3.96. The molecule has 0 saturated carbocycles. The highest BCUT2D eigenvalue weighted by Crippen LogP contribution is 2.48. The molecule has 0 aromatic rings. The number of rotatable bonds is 7. The van der Waals surface area contributed by atoms with E-state index in [-0.39, 0.29) is 6.61 Å². The standard InChI is InChI=1S/C17H33O4P/c1-11(2)15-9-8-14(10-21-22(18,19)20-7)16(12(3)4)17(15)13(5)6/h8,11-13,15-17H,9-10H2,1-7H3,(H,18,19)/t15-,16?,17?/m1/s1. The molecule has 4 nitrogen and oxygen atoms in total. The molecule has 22 heavy (non-hydrogen) atoms. The third kappa shape index (κ3) is 4.92. The predicted octanol–water partition coefficient (Wildman–Crippen LogP) is 4.90. The van der Waals surface area contributed by atoms with Crippen LogP contribution in [0.1, 0.15) is 48.0 Å². The van der Waals surface area contributed by atoms with E-state index in [0.29, 0.717) is 35.5 Å². The minimum atomic E-state index is -3.92. The minimum Gasteiger partial charge on any atom is -0.302 e. The molecule has 1 N–H and O–H groups in total. The van der Waals surface area contributed by atoms with Crippen LogP contribution in [0.25, 0.3) is 0 Å². The summed E-state index contributed by atoms with van der Waals surface area (Å²) in [5.74, 6) is 3.30. The molecule has 0 fully saturated rings. The van der Waals surface area contributed by atoms with Gasteiger partial charge in [-0.1, -0.05) is 47.6 Å². The lowest BCUT2D eigenvalue weighted by Crippen LogP contribution is -2.38. The Balaban J connectivity index is 3.03. The van der Waals surface area contributed by atoms with Crippen molar-refractivity contribution < 1.29 is 18.5 Å². The Bertz CT molecular complexity index is 428. The number of phosphoric acid groups is 1. The second-order valence-electron chi connectivity index (χ2n) is 7.44. The van der Waals surface area contributed by atoms with Gasteiger partial charge in [-0.05, 0) is 47.5 Å². The fraction of sp³-hybridized carbons (Fsp3) is 0.882. The van der Waals surface area contributed by atoms with Crippen LogP contribution in [0.5, 0.6) is 0 Å². The van der Waals surface area contributed by atoms with E-state index in [4.69, 9.17) is 4.52 Å². The van der Waals surface area contributed by atoms with E-state index in [1.165, 1.54) is 7.11 Å². The molecule has 1 aliphatic rings. The molecular weight excluding hydrogens is 299 g/mol. The molecule has 0 heterocycles. The van der Waals surface area contributed by atoms with Crippen LogP contribution in [0.4, 0.5) is 0 Å². The zero-order valence-corrected chi connectivity index (χ0v) is 16.0. The van der Waals surface area contributed by atoms with Crippen molar-refractivity contribution in [2.75, 3.05) is 13.7 Å². The maximum absolute atomic E-state index is 11.6. The zero-order chi connectivity index (χ0) is 17.1. The summed E-state index contributed by atoms with van der Waals surface area (Å²) in [4.78, 5) is 9.48. The van der Waals surface area contributed by atoms with E-state index in [1.54, 1.807) is 0 Å². The average Bonchev–Trinajstić information content (AvgIpc) is 2.43. The van der Waals surface area contributed by atoms with Gasteiger partial charge in [0.05, 0.1) is 6.61 Å². The summed E-state index contributed by atoms with van der Waals surface area (Å²) < 4.78 is 21.2. The molecule has 0 aromatic carbocycles. The van der Waals surface area contributed by atoms with Gasteiger partial charge in [0, 0.05) is 7.11 Å². The van der Waals surface area contributed by atoms with Crippen LogP contribution in [-0.4, -0.2) is 18.6 Å². The Morgan fingerprint density at radius 1 is 1.18 bits per heavy atom. The van der Waals surface area contributed by atoms with Crippen molar-refractivity contribution in [1.29, 1.82) is 0 Å². The second-order valence-corrected chi connectivity index (χ2v) is 9.00. The maximum atomic E-state index is 11.6. The molecule has 0 radical (unpaired) electrons. The third-order valence-electron chi connectivity index (χ3n) is 4.96. The smallest absolute Gasteiger partial charge is 0.302 e. The molecule has 1 aliphatic carbocycles. The van der Waals surface area contributed by atoms with Gasteiger partial charge >= 0.3 is 7.82 Å². The fourth-order valence-corrected chi connectivity index (χ4v) is 4.37. The first-order valence-corrected chi connectivity index (χ1v) is 9.82. The van der Waals surface area contributed by atoms with Gasteiger partial charge in [-0.3, -0.25) is 9.05 Å². The molecular formula is C17H33O4P. The van der Waals surface area contributed by atoms with Crippen LogP contribution >= 0.6 is 7.82 Å². The number of hydrogen-bond donors (Lipinski definition) is 1. The Kier molecular flexibility index (Phi) is 7.32. The van der Waals surface area contributed by atoms with Crippen molar-refractivity contribution in [3.05, 3.63) is 11.6 Å². The van der Waals surface area contributed by atoms with Crippen molar-refractivity contribution in [3.8, 4) is 0 Å². The summed E-state index contributed by atoms with van der Waals surface area (Å²) in [6.45, 7) is 13.8. The van der Waals surface area contributed by atoms with Crippen LogP contribution in [0.15, 0.2) is 11.6 Å². The van der Waals surface area contributed by atoms with Gasteiger partial charge in [-0.15, -0.1) is 0 Å². The summed E-state index contributed by atoms with van der Waals surface area (Å²) in [5, 5.41) is 0. The first-order valence-electron chi connectivity index (χ1n) is 8.32. The largest absolute Gasteiger partial charge is 0.472 e. The van der Waals surface area contributed by atoms with Gasteiger partial charge in [-0.25, -0.2) is 4.57 Å². The highest BCUT2D eigenvalue weighted by atomic mass is 31.2. The Morgan fingerprint density at radius 2 is 1.77 bits per heavy atom. The maximum Gasteiger partial charge on any atom is 0.472 e. The van der Waals surface area contributed by atoms with E-state index < -0.39 is 7.82 Å². The average molecular weight is 332 g/mol. The van der Waals surface area contributed by atoms with Crippen LogP contribution in [0.3, 0.4) is 0 Å². The van der Waals surface area contributed by atoms with Crippen molar-refractivity contribution in [1.82, 2.24) is 0 Å². The SMILES string of the molecule is COP(=O)(O)OCC1=CC[C@H](C(C)C)C(C(C)C)C1C(C)C. The molecule has 0 aromatic heterocycles. The van der Waals surface area contributed by atoms with Crippen LogP contribution < -0.4 is 0 Å². The van der Waals surface area contributed by atoms with E-state index in [2.05, 4.69) is 52.1 Å². The third-order valence-corrected chi connectivity index (χ3v) is 5.88. The second kappa shape index (κ2) is 8.10. The molecule has 4 atom stereocenters. The van der Waals surface area contributed by atoms with Crippen LogP contribution in [-0.2, 0) is 13.6 Å². The molecule has 0 saturated heterocycles. The Morgan fingerprint density at radius 3 is 2.18 bits per heavy atom. The number of phosphoric ester groups is 1. The van der Waals surface area contributed by atoms with Gasteiger partial charge < -0.3 is 4.89 Å². The monoisotopic (exact) mass is 332 g/mol. The van der Waals surface area contributed by atoms with Gasteiger partial charge in [-0.2, -0.15) is 0 Å². The number of hydrogen-bond acceptors (Lipinski definition) is 3. The normalized spacial score (nSPS) is 29.0. The van der Waals surface area contributed by atoms with Crippen molar-refractivity contribution >= 4 is 7.82 Å². The highest BCUT2D eigenvalue weighted by Gasteiger charge is 2.39. The number of allylic oxidation sites excluding steroid dienone is 1. The van der Waals surface area contributed by atoms with Crippen LogP contribution in [0.2, 0.25) is 0 Å². The van der Waals surface area contributed by atoms with Gasteiger partial charge in [0.15, 0.2) is 0 Å².